The topological polar surface area (TPSA) is 59.0 Å². The van der Waals surface area contributed by atoms with Crippen molar-refractivity contribution in [3.8, 4) is 5.75 Å². The van der Waals surface area contributed by atoms with Gasteiger partial charge in [-0.15, -0.1) is 12.4 Å². The van der Waals surface area contributed by atoms with Crippen LogP contribution in [0.5, 0.6) is 5.75 Å². The number of carbonyl (C=O) groups is 1. The highest BCUT2D eigenvalue weighted by Crippen LogP contribution is 2.32. The summed E-state index contributed by atoms with van der Waals surface area (Å²) in [5, 5.41) is 8.84. The van der Waals surface area contributed by atoms with Crippen molar-refractivity contribution in [2.45, 2.75) is 31.5 Å². The van der Waals surface area contributed by atoms with Crippen LogP contribution in [0.1, 0.15) is 35.6 Å². The lowest BCUT2D eigenvalue weighted by molar-refractivity contribution is -0.139. The van der Waals surface area contributed by atoms with Crippen molar-refractivity contribution in [2.24, 2.45) is 0 Å². The molecule has 2 aromatic rings. The predicted molar refractivity (Wildman–Crippen MR) is 116 cm³/mol. The van der Waals surface area contributed by atoms with E-state index in [4.69, 9.17) is 14.6 Å². The molecular formula is C23H27ClF3NO4. The number of hydrogen-bond donors (Lipinski definition) is 1. The molecule has 0 spiro atoms. The first-order valence-electron chi connectivity index (χ1n) is 10.3. The first kappa shape index (κ1) is 26.0. The van der Waals surface area contributed by atoms with E-state index in [9.17, 15) is 18.0 Å². The van der Waals surface area contributed by atoms with Gasteiger partial charge < -0.3 is 14.6 Å². The zero-order valence-corrected chi connectivity index (χ0v) is 18.3. The number of carboxylic acid groups (broad SMARTS) is 1. The largest absolute Gasteiger partial charge is 0.494 e. The number of rotatable bonds is 9. The smallest absolute Gasteiger partial charge is 0.416 e. The van der Waals surface area contributed by atoms with E-state index in [0.717, 1.165) is 11.6 Å². The standard InChI is InChI=1S/C23H26F3NO4.ClH/c24-23(25,26)20-6-2-1-4-17(20)5-3-14-30-19-9-7-18(8-10-19)21-16-27(13-15-31-21)12-11-22(28)29;/h1-2,4,6-10,21H,3,5,11-16H2,(H,28,29);1H. The molecule has 2 aromatic carbocycles. The molecule has 1 atom stereocenters. The molecule has 1 N–H and O–H groups in total. The van der Waals surface area contributed by atoms with Gasteiger partial charge in [-0.05, 0) is 42.2 Å². The van der Waals surface area contributed by atoms with Crippen molar-refractivity contribution in [3.05, 3.63) is 65.2 Å². The minimum atomic E-state index is -4.35. The van der Waals surface area contributed by atoms with Crippen LogP contribution in [0, 0.1) is 0 Å². The molecule has 0 bridgehead atoms. The zero-order chi connectivity index (χ0) is 22.3. The van der Waals surface area contributed by atoms with Gasteiger partial charge >= 0.3 is 12.1 Å². The Kier molecular flexibility index (Phi) is 9.81. The third-order valence-electron chi connectivity index (χ3n) is 5.23. The molecule has 3 rings (SSSR count). The van der Waals surface area contributed by atoms with Gasteiger partial charge in [0.05, 0.1) is 31.3 Å². The van der Waals surface area contributed by atoms with Gasteiger partial charge in [-0.1, -0.05) is 30.3 Å². The Balaban J connectivity index is 0.00000363. The van der Waals surface area contributed by atoms with E-state index in [1.54, 1.807) is 6.07 Å². The molecule has 0 amide bonds. The second-order valence-electron chi connectivity index (χ2n) is 7.48. The van der Waals surface area contributed by atoms with Crippen molar-refractivity contribution in [1.29, 1.82) is 0 Å². The molecule has 5 nitrogen and oxygen atoms in total. The van der Waals surface area contributed by atoms with Gasteiger partial charge in [0.15, 0.2) is 0 Å². The van der Waals surface area contributed by atoms with Crippen LogP contribution >= 0.6 is 12.4 Å². The van der Waals surface area contributed by atoms with Crippen LogP contribution in [0.15, 0.2) is 48.5 Å². The molecule has 1 unspecified atom stereocenters. The minimum Gasteiger partial charge on any atom is -0.494 e. The quantitative estimate of drug-likeness (QED) is 0.520. The van der Waals surface area contributed by atoms with Gasteiger partial charge in [-0.2, -0.15) is 13.2 Å². The van der Waals surface area contributed by atoms with E-state index >= 15 is 0 Å². The maximum absolute atomic E-state index is 13.0. The first-order chi connectivity index (χ1) is 14.8. The SMILES string of the molecule is Cl.O=C(O)CCN1CCOC(c2ccc(OCCCc3ccccc3C(F)(F)F)cc2)C1. The summed E-state index contributed by atoms with van der Waals surface area (Å²) >= 11 is 0. The van der Waals surface area contributed by atoms with Crippen LogP contribution in [0.3, 0.4) is 0 Å². The van der Waals surface area contributed by atoms with Gasteiger partial charge in [0, 0.05) is 19.6 Å². The van der Waals surface area contributed by atoms with Gasteiger partial charge in [0.1, 0.15) is 5.75 Å². The Morgan fingerprint density at radius 3 is 2.56 bits per heavy atom. The summed E-state index contributed by atoms with van der Waals surface area (Å²) in [5.74, 6) is -0.169. The van der Waals surface area contributed by atoms with Crippen LogP contribution in [0.2, 0.25) is 0 Å². The Morgan fingerprint density at radius 1 is 1.16 bits per heavy atom. The molecule has 1 heterocycles. The summed E-state index contributed by atoms with van der Waals surface area (Å²) in [6.07, 6.45) is -3.62. The number of morpholine rings is 1. The molecule has 0 radical (unpaired) electrons. The van der Waals surface area contributed by atoms with Crippen LogP contribution in [0.25, 0.3) is 0 Å². The second-order valence-corrected chi connectivity index (χ2v) is 7.48. The lowest BCUT2D eigenvalue weighted by atomic mass is 10.0. The molecule has 1 fully saturated rings. The van der Waals surface area contributed by atoms with Crippen LogP contribution in [-0.2, 0) is 22.1 Å². The number of nitrogens with zero attached hydrogens (tertiary/aromatic N) is 1. The lowest BCUT2D eigenvalue weighted by Gasteiger charge is -2.32. The van der Waals surface area contributed by atoms with Crippen molar-refractivity contribution < 1.29 is 32.5 Å². The van der Waals surface area contributed by atoms with Crippen LogP contribution in [-0.4, -0.2) is 48.8 Å². The Bertz CT molecular complexity index is 861. The van der Waals surface area contributed by atoms with Gasteiger partial charge in [-0.25, -0.2) is 0 Å². The van der Waals surface area contributed by atoms with Crippen LogP contribution < -0.4 is 4.74 Å². The normalized spacial score (nSPS) is 16.9. The molecule has 1 saturated heterocycles. The summed E-state index contributed by atoms with van der Waals surface area (Å²) < 4.78 is 50.6. The Labute approximate surface area is 191 Å². The third kappa shape index (κ3) is 7.69. The van der Waals surface area contributed by atoms with Gasteiger partial charge in [0.25, 0.3) is 0 Å². The second kappa shape index (κ2) is 12.1. The third-order valence-corrected chi connectivity index (χ3v) is 5.23. The van der Waals surface area contributed by atoms with Gasteiger partial charge in [-0.3, -0.25) is 9.69 Å². The number of carboxylic acids is 1. The summed E-state index contributed by atoms with van der Waals surface area (Å²) in [7, 11) is 0. The number of ether oxygens (including phenoxy) is 2. The van der Waals surface area contributed by atoms with Crippen molar-refractivity contribution in [3.63, 3.8) is 0 Å². The molecule has 0 aliphatic carbocycles. The van der Waals surface area contributed by atoms with Crippen LogP contribution in [0.4, 0.5) is 13.2 Å². The molecule has 32 heavy (non-hydrogen) atoms. The molecule has 0 aromatic heterocycles. The molecular weight excluding hydrogens is 447 g/mol. The summed E-state index contributed by atoms with van der Waals surface area (Å²) in [6.45, 7) is 2.69. The number of aryl methyl sites for hydroxylation is 1. The lowest BCUT2D eigenvalue weighted by Crippen LogP contribution is -2.39. The Morgan fingerprint density at radius 2 is 1.88 bits per heavy atom. The monoisotopic (exact) mass is 473 g/mol. The number of alkyl halides is 3. The minimum absolute atomic E-state index is 0. The van der Waals surface area contributed by atoms with Crippen molar-refractivity contribution in [2.75, 3.05) is 32.8 Å². The van der Waals surface area contributed by atoms with E-state index in [0.29, 0.717) is 45.0 Å². The molecule has 9 heteroatoms. The fourth-order valence-corrected chi connectivity index (χ4v) is 3.61. The summed E-state index contributed by atoms with van der Waals surface area (Å²) in [6, 6.07) is 13.1. The number of halogens is 4. The molecule has 176 valence electrons. The summed E-state index contributed by atoms with van der Waals surface area (Å²) in [4.78, 5) is 12.8. The maximum Gasteiger partial charge on any atom is 0.416 e. The van der Waals surface area contributed by atoms with Crippen molar-refractivity contribution >= 4 is 18.4 Å². The highest BCUT2D eigenvalue weighted by molar-refractivity contribution is 5.85. The van der Waals surface area contributed by atoms with Crippen molar-refractivity contribution in [1.82, 2.24) is 4.90 Å². The average molecular weight is 474 g/mol. The number of aliphatic carboxylic acids is 1. The molecule has 1 aliphatic rings. The molecule has 1 aliphatic heterocycles. The average Bonchev–Trinajstić information content (AvgIpc) is 2.75. The van der Waals surface area contributed by atoms with E-state index in [2.05, 4.69) is 4.90 Å². The fourth-order valence-electron chi connectivity index (χ4n) is 3.61. The van der Waals surface area contributed by atoms with Gasteiger partial charge in [0.2, 0.25) is 0 Å². The number of hydrogen-bond acceptors (Lipinski definition) is 4. The van der Waals surface area contributed by atoms with E-state index in [-0.39, 0.29) is 36.9 Å². The summed E-state index contributed by atoms with van der Waals surface area (Å²) in [5.41, 5.74) is 0.659. The highest BCUT2D eigenvalue weighted by Gasteiger charge is 2.32. The van der Waals surface area contributed by atoms with E-state index < -0.39 is 17.7 Å². The predicted octanol–water partition coefficient (Wildman–Crippen LogP) is 4.99. The fraction of sp³-hybridized carbons (Fsp3) is 0.435. The van der Waals surface area contributed by atoms with E-state index in [1.807, 2.05) is 24.3 Å². The molecule has 0 saturated carbocycles. The first-order valence-corrected chi connectivity index (χ1v) is 10.3. The number of benzene rings is 2. The Hall–Kier alpha value is -2.29. The van der Waals surface area contributed by atoms with E-state index in [1.165, 1.54) is 12.1 Å². The highest BCUT2D eigenvalue weighted by atomic mass is 35.5. The maximum atomic E-state index is 13.0. The zero-order valence-electron chi connectivity index (χ0n) is 17.5.